The van der Waals surface area contributed by atoms with E-state index in [9.17, 15) is 4.79 Å². The zero-order valence-corrected chi connectivity index (χ0v) is 25.2. The van der Waals surface area contributed by atoms with Gasteiger partial charge in [-0.1, -0.05) is 121 Å². The summed E-state index contributed by atoms with van der Waals surface area (Å²) in [4.78, 5) is 14.2. The highest BCUT2D eigenvalue weighted by Crippen LogP contribution is 2.44. The molecule has 0 unspecified atom stereocenters. The van der Waals surface area contributed by atoms with Crippen LogP contribution in [0.4, 0.5) is 0 Å². The molecule has 46 heavy (non-hydrogen) atoms. The Labute approximate surface area is 266 Å². The third-order valence-electron chi connectivity index (χ3n) is 9.39. The zero-order valence-electron chi connectivity index (χ0n) is 25.2. The van der Waals surface area contributed by atoms with Crippen LogP contribution < -0.4 is 5.69 Å². The number of allylic oxidation sites excluding steroid dienone is 4. The van der Waals surface area contributed by atoms with Crippen LogP contribution in [0.5, 0.6) is 0 Å². The molecular formula is C43H30N2O. The van der Waals surface area contributed by atoms with Crippen molar-refractivity contribution in [2.75, 3.05) is 0 Å². The van der Waals surface area contributed by atoms with Crippen molar-refractivity contribution >= 4 is 49.0 Å². The van der Waals surface area contributed by atoms with E-state index in [4.69, 9.17) is 0 Å². The van der Waals surface area contributed by atoms with E-state index >= 15 is 0 Å². The lowest BCUT2D eigenvalue weighted by molar-refractivity contribution is 0.888. The Bertz CT molecular complexity index is 2540. The van der Waals surface area contributed by atoms with Crippen LogP contribution in [0.15, 0.2) is 163 Å². The van der Waals surface area contributed by atoms with Gasteiger partial charge < -0.3 is 0 Å². The van der Waals surface area contributed by atoms with E-state index in [0.717, 1.165) is 40.8 Å². The number of rotatable bonds is 4. The van der Waals surface area contributed by atoms with Crippen molar-refractivity contribution < 1.29 is 0 Å². The number of nitrogens with zero attached hydrogens (tertiary/aromatic N) is 2. The summed E-state index contributed by atoms with van der Waals surface area (Å²) in [5.41, 5.74) is 8.39. The summed E-state index contributed by atoms with van der Waals surface area (Å²) in [7, 11) is 0. The van der Waals surface area contributed by atoms with Gasteiger partial charge >= 0.3 is 5.69 Å². The smallest absolute Gasteiger partial charge is 0.264 e. The van der Waals surface area contributed by atoms with Gasteiger partial charge in [0.25, 0.3) is 0 Å². The summed E-state index contributed by atoms with van der Waals surface area (Å²) < 4.78 is 3.76. The first-order chi connectivity index (χ1) is 22.8. The average Bonchev–Trinajstić information content (AvgIpc) is 3.41. The van der Waals surface area contributed by atoms with E-state index in [1.807, 2.05) is 39.5 Å². The largest absolute Gasteiger partial charge is 0.338 e. The molecule has 0 amide bonds. The normalized spacial score (nSPS) is 13.2. The van der Waals surface area contributed by atoms with Crippen LogP contribution in [-0.4, -0.2) is 9.13 Å². The molecule has 0 N–H and O–H groups in total. The molecule has 0 saturated heterocycles. The highest BCUT2D eigenvalue weighted by molar-refractivity contribution is 6.22. The van der Waals surface area contributed by atoms with Crippen LogP contribution in [0.25, 0.3) is 77.0 Å². The maximum atomic E-state index is 14.2. The topological polar surface area (TPSA) is 26.9 Å². The minimum Gasteiger partial charge on any atom is -0.264 e. The minimum absolute atomic E-state index is 0.0405. The Morgan fingerprint density at radius 1 is 0.500 bits per heavy atom. The lowest BCUT2D eigenvalue weighted by Crippen LogP contribution is -2.23. The monoisotopic (exact) mass is 590 g/mol. The summed E-state index contributed by atoms with van der Waals surface area (Å²) in [5, 5.41) is 7.29. The van der Waals surface area contributed by atoms with Crippen molar-refractivity contribution in [2.45, 2.75) is 12.8 Å². The van der Waals surface area contributed by atoms with Crippen molar-refractivity contribution in [2.24, 2.45) is 0 Å². The number of para-hydroxylation sites is 1. The lowest BCUT2D eigenvalue weighted by atomic mass is 9.85. The fourth-order valence-electron chi connectivity index (χ4n) is 7.33. The molecular weight excluding hydrogens is 560 g/mol. The van der Waals surface area contributed by atoms with E-state index in [-0.39, 0.29) is 5.69 Å². The van der Waals surface area contributed by atoms with Crippen LogP contribution in [0.1, 0.15) is 12.8 Å². The fraction of sp³-hybridized carbons (Fsp3) is 0.0465. The molecule has 1 aliphatic rings. The van der Waals surface area contributed by atoms with E-state index < -0.39 is 0 Å². The Hall–Kier alpha value is -5.93. The van der Waals surface area contributed by atoms with Gasteiger partial charge in [-0.05, 0) is 104 Å². The fourth-order valence-corrected chi connectivity index (χ4v) is 7.33. The number of benzene rings is 7. The van der Waals surface area contributed by atoms with Crippen molar-refractivity contribution in [1.29, 1.82) is 0 Å². The van der Waals surface area contributed by atoms with Crippen molar-refractivity contribution in [1.82, 2.24) is 9.13 Å². The highest BCUT2D eigenvalue weighted by Gasteiger charge is 2.21. The van der Waals surface area contributed by atoms with E-state index in [2.05, 4.69) is 127 Å². The van der Waals surface area contributed by atoms with Crippen molar-refractivity contribution in [3.63, 3.8) is 0 Å². The zero-order chi connectivity index (χ0) is 30.6. The molecule has 0 spiro atoms. The molecule has 0 bridgehead atoms. The van der Waals surface area contributed by atoms with Gasteiger partial charge in [0.15, 0.2) is 0 Å². The molecule has 218 valence electrons. The standard InChI is InChI=1S/C43H30N2O/c46-43-44(33-15-3-1-4-16-33)39-26-25-32(28-40(39)45(43)34-17-5-2-6-18-34)42-37-21-11-9-19-35(37)41(36-20-10-12-22-38(36)42)31-24-23-29-13-7-8-14-30(29)27-31/h1-5,7-17,19-28H,6,18H2. The quantitative estimate of drug-likeness (QED) is 0.187. The molecule has 1 heterocycles. The number of fused-ring (bicyclic) bond motifs is 4. The van der Waals surface area contributed by atoms with Gasteiger partial charge in [-0.2, -0.15) is 0 Å². The van der Waals surface area contributed by atoms with Crippen LogP contribution in [0.2, 0.25) is 0 Å². The molecule has 0 saturated carbocycles. The summed E-state index contributed by atoms with van der Waals surface area (Å²) >= 11 is 0. The molecule has 8 aromatic rings. The van der Waals surface area contributed by atoms with Crippen molar-refractivity contribution in [3.8, 4) is 27.9 Å². The average molecular weight is 591 g/mol. The minimum atomic E-state index is -0.0405. The molecule has 7 aromatic carbocycles. The Balaban J connectivity index is 1.36. The third kappa shape index (κ3) is 4.09. The molecule has 0 aliphatic heterocycles. The maximum Gasteiger partial charge on any atom is 0.338 e. The maximum absolute atomic E-state index is 14.2. The Morgan fingerprint density at radius 3 is 1.74 bits per heavy atom. The number of hydrogen-bond acceptors (Lipinski definition) is 1. The first kappa shape index (κ1) is 26.5. The molecule has 0 atom stereocenters. The van der Waals surface area contributed by atoms with Gasteiger partial charge in [0, 0.05) is 5.70 Å². The van der Waals surface area contributed by atoms with Gasteiger partial charge in [0.1, 0.15) is 0 Å². The van der Waals surface area contributed by atoms with E-state index in [1.165, 1.54) is 49.0 Å². The SMILES string of the molecule is O=c1n(C2=CC=CCC2)c2cc(-c3c4ccccc4c(-c4ccc5ccccc5c4)c4ccccc34)ccc2n1-c1ccccc1. The number of imidazole rings is 1. The first-order valence-electron chi connectivity index (χ1n) is 15.9. The first-order valence-corrected chi connectivity index (χ1v) is 15.9. The Kier molecular flexibility index (Phi) is 6.10. The lowest BCUT2D eigenvalue weighted by Gasteiger charge is -2.18. The van der Waals surface area contributed by atoms with Gasteiger partial charge in [0.05, 0.1) is 16.7 Å². The van der Waals surface area contributed by atoms with Gasteiger partial charge in [0.2, 0.25) is 0 Å². The van der Waals surface area contributed by atoms with Crippen LogP contribution in [-0.2, 0) is 0 Å². The molecule has 9 rings (SSSR count). The summed E-state index contributed by atoms with van der Waals surface area (Å²) in [5.74, 6) is 0. The van der Waals surface area contributed by atoms with Crippen molar-refractivity contribution in [3.05, 3.63) is 168 Å². The summed E-state index contributed by atoms with van der Waals surface area (Å²) in [6.45, 7) is 0. The predicted molar refractivity (Wildman–Crippen MR) is 194 cm³/mol. The van der Waals surface area contributed by atoms with E-state index in [0.29, 0.717) is 0 Å². The Morgan fingerprint density at radius 2 is 1.09 bits per heavy atom. The molecule has 3 nitrogen and oxygen atoms in total. The summed E-state index contributed by atoms with van der Waals surface area (Å²) in [6, 6.07) is 49.3. The van der Waals surface area contributed by atoms with Gasteiger partial charge in [-0.3, -0.25) is 9.13 Å². The van der Waals surface area contributed by atoms with E-state index in [1.54, 1.807) is 0 Å². The highest BCUT2D eigenvalue weighted by atomic mass is 16.1. The number of hydrogen-bond donors (Lipinski definition) is 0. The molecule has 1 aromatic heterocycles. The second-order valence-electron chi connectivity index (χ2n) is 12.0. The number of aromatic nitrogens is 2. The second-order valence-corrected chi connectivity index (χ2v) is 12.0. The molecule has 0 fully saturated rings. The van der Waals surface area contributed by atoms with Crippen LogP contribution >= 0.6 is 0 Å². The molecule has 1 aliphatic carbocycles. The second kappa shape index (κ2) is 10.6. The third-order valence-corrected chi connectivity index (χ3v) is 9.39. The van der Waals surface area contributed by atoms with Crippen LogP contribution in [0.3, 0.4) is 0 Å². The molecule has 0 radical (unpaired) electrons. The van der Waals surface area contributed by atoms with Gasteiger partial charge in [-0.25, -0.2) is 4.79 Å². The molecule has 3 heteroatoms. The predicted octanol–water partition coefficient (Wildman–Crippen LogP) is 10.8. The van der Waals surface area contributed by atoms with Crippen LogP contribution in [0, 0.1) is 0 Å². The summed E-state index contributed by atoms with van der Waals surface area (Å²) in [6.07, 6.45) is 8.04. The van der Waals surface area contributed by atoms with Gasteiger partial charge in [-0.15, -0.1) is 0 Å².